The lowest BCUT2D eigenvalue weighted by Crippen LogP contribution is -2.28. The van der Waals surface area contributed by atoms with E-state index in [9.17, 15) is 18.3 Å². The number of ether oxygens (including phenoxy) is 1. The first-order chi connectivity index (χ1) is 9.40. The molecule has 0 aliphatic heterocycles. The lowest BCUT2D eigenvalue weighted by Gasteiger charge is -2.26. The summed E-state index contributed by atoms with van der Waals surface area (Å²) < 4.78 is 43.9. The van der Waals surface area contributed by atoms with Crippen LogP contribution in [0.2, 0.25) is 0 Å². The minimum atomic E-state index is -4.59. The topological polar surface area (TPSA) is 53.2 Å². The molecule has 1 fully saturated rings. The number of hydrogen-bond acceptors (Lipinski definition) is 3. The van der Waals surface area contributed by atoms with Crippen molar-refractivity contribution in [3.05, 3.63) is 29.3 Å². The second-order valence-electron chi connectivity index (χ2n) is 4.88. The van der Waals surface area contributed by atoms with Crippen molar-refractivity contribution >= 4 is 0 Å². The van der Waals surface area contributed by atoms with Crippen molar-refractivity contribution < 1.29 is 23.0 Å². The molecule has 1 aliphatic carbocycles. The Labute approximate surface area is 114 Å². The molecule has 0 aromatic heterocycles. The Morgan fingerprint density at radius 2 is 2.05 bits per heavy atom. The van der Waals surface area contributed by atoms with Crippen LogP contribution in [0.5, 0.6) is 5.75 Å². The van der Waals surface area contributed by atoms with Crippen molar-refractivity contribution in [3.8, 4) is 11.8 Å². The molecule has 0 unspecified atom stereocenters. The maximum absolute atomic E-state index is 12.8. The zero-order valence-electron chi connectivity index (χ0n) is 10.7. The summed E-state index contributed by atoms with van der Waals surface area (Å²) in [5, 5.41) is 18.2. The third-order valence-corrected chi connectivity index (χ3v) is 3.32. The van der Waals surface area contributed by atoms with Crippen LogP contribution in [0.4, 0.5) is 13.2 Å². The number of halogens is 3. The normalized spacial score (nSPS) is 23.1. The minimum absolute atomic E-state index is 0.0791. The van der Waals surface area contributed by atoms with E-state index in [4.69, 9.17) is 10.00 Å². The molecular weight excluding hydrogens is 271 g/mol. The van der Waals surface area contributed by atoms with E-state index in [1.807, 2.05) is 0 Å². The quantitative estimate of drug-likeness (QED) is 0.907. The Hall–Kier alpha value is -1.74. The molecule has 20 heavy (non-hydrogen) atoms. The molecule has 1 aliphatic rings. The predicted molar refractivity (Wildman–Crippen MR) is 65.0 cm³/mol. The maximum atomic E-state index is 12.8. The van der Waals surface area contributed by atoms with Gasteiger partial charge in [0.1, 0.15) is 11.9 Å². The third kappa shape index (κ3) is 3.42. The summed E-state index contributed by atoms with van der Waals surface area (Å²) in [5.41, 5.74) is -1.41. The van der Waals surface area contributed by atoms with Crippen LogP contribution in [-0.4, -0.2) is 17.3 Å². The molecule has 2 atom stereocenters. The van der Waals surface area contributed by atoms with E-state index in [2.05, 4.69) is 0 Å². The van der Waals surface area contributed by atoms with Crippen LogP contribution in [0.25, 0.3) is 0 Å². The van der Waals surface area contributed by atoms with Crippen molar-refractivity contribution in [2.45, 2.75) is 44.1 Å². The van der Waals surface area contributed by atoms with E-state index in [-0.39, 0.29) is 11.9 Å². The SMILES string of the molecule is N#Cc1ccc(O[C@@H]2CCC[C@H](O)C2)cc1C(F)(F)F. The highest BCUT2D eigenvalue weighted by molar-refractivity contribution is 5.44. The average Bonchev–Trinajstić information content (AvgIpc) is 2.37. The van der Waals surface area contributed by atoms with Gasteiger partial charge in [-0.25, -0.2) is 0 Å². The number of nitrogens with zero attached hydrogens (tertiary/aromatic N) is 1. The number of hydrogen-bond donors (Lipinski definition) is 1. The van der Waals surface area contributed by atoms with Crippen molar-refractivity contribution in [1.82, 2.24) is 0 Å². The lowest BCUT2D eigenvalue weighted by atomic mass is 9.95. The van der Waals surface area contributed by atoms with Crippen LogP contribution >= 0.6 is 0 Å². The molecule has 108 valence electrons. The standard InChI is InChI=1S/C14H14F3NO2/c15-14(16,17)13-7-12(5-4-9(13)8-18)20-11-3-1-2-10(19)6-11/h4-5,7,10-11,19H,1-3,6H2/t10-,11+/m0/s1. The number of alkyl halides is 3. The molecule has 1 aromatic rings. The van der Waals surface area contributed by atoms with Crippen LogP contribution in [0.15, 0.2) is 18.2 Å². The molecule has 0 bridgehead atoms. The fraction of sp³-hybridized carbons (Fsp3) is 0.500. The monoisotopic (exact) mass is 285 g/mol. The summed E-state index contributed by atoms with van der Waals surface area (Å²) in [6.07, 6.45) is -2.73. The smallest absolute Gasteiger partial charge is 0.417 e. The third-order valence-electron chi connectivity index (χ3n) is 3.32. The summed E-state index contributed by atoms with van der Waals surface area (Å²) in [5.74, 6) is 0.0791. The van der Waals surface area contributed by atoms with Crippen molar-refractivity contribution in [3.63, 3.8) is 0 Å². The molecule has 0 radical (unpaired) electrons. The first-order valence-electron chi connectivity index (χ1n) is 6.36. The lowest BCUT2D eigenvalue weighted by molar-refractivity contribution is -0.137. The van der Waals surface area contributed by atoms with Gasteiger partial charge in [0.2, 0.25) is 0 Å². The van der Waals surface area contributed by atoms with Gasteiger partial charge in [0.25, 0.3) is 0 Å². The number of aliphatic hydroxyl groups excluding tert-OH is 1. The van der Waals surface area contributed by atoms with E-state index in [0.717, 1.165) is 18.6 Å². The molecule has 0 amide bonds. The molecular formula is C14H14F3NO2. The van der Waals surface area contributed by atoms with Gasteiger partial charge < -0.3 is 9.84 Å². The molecule has 0 heterocycles. The van der Waals surface area contributed by atoms with Crippen LogP contribution < -0.4 is 4.74 Å². The molecule has 2 rings (SSSR count). The van der Waals surface area contributed by atoms with Gasteiger partial charge in [-0.1, -0.05) is 0 Å². The van der Waals surface area contributed by atoms with Gasteiger partial charge in [0, 0.05) is 6.42 Å². The van der Waals surface area contributed by atoms with Gasteiger partial charge in [-0.15, -0.1) is 0 Å². The molecule has 0 spiro atoms. The number of aliphatic hydroxyl groups is 1. The number of benzene rings is 1. The van der Waals surface area contributed by atoms with E-state index >= 15 is 0 Å². The van der Waals surface area contributed by atoms with Gasteiger partial charge >= 0.3 is 6.18 Å². The summed E-state index contributed by atoms with van der Waals surface area (Å²) in [4.78, 5) is 0. The van der Waals surface area contributed by atoms with Gasteiger partial charge in [0.15, 0.2) is 0 Å². The largest absolute Gasteiger partial charge is 0.490 e. The number of nitriles is 1. The van der Waals surface area contributed by atoms with Crippen LogP contribution in [-0.2, 0) is 6.18 Å². The second-order valence-corrected chi connectivity index (χ2v) is 4.88. The average molecular weight is 285 g/mol. The van der Waals surface area contributed by atoms with Crippen LogP contribution in [0, 0.1) is 11.3 Å². The van der Waals surface area contributed by atoms with Gasteiger partial charge in [-0.2, -0.15) is 18.4 Å². The fourth-order valence-electron chi connectivity index (χ4n) is 2.35. The zero-order valence-corrected chi connectivity index (χ0v) is 10.7. The Morgan fingerprint density at radius 1 is 1.30 bits per heavy atom. The highest BCUT2D eigenvalue weighted by Crippen LogP contribution is 2.35. The van der Waals surface area contributed by atoms with E-state index in [1.165, 1.54) is 12.1 Å². The second kappa shape index (κ2) is 5.71. The molecule has 1 saturated carbocycles. The Bertz CT molecular complexity index is 522. The molecule has 1 aromatic carbocycles. The fourth-order valence-corrected chi connectivity index (χ4v) is 2.35. The van der Waals surface area contributed by atoms with Crippen molar-refractivity contribution in [2.75, 3.05) is 0 Å². The predicted octanol–water partition coefficient (Wildman–Crippen LogP) is 3.26. The Balaban J connectivity index is 2.19. The van der Waals surface area contributed by atoms with Gasteiger partial charge in [-0.05, 0) is 37.5 Å². The Kier molecular flexibility index (Phi) is 4.19. The van der Waals surface area contributed by atoms with E-state index in [0.29, 0.717) is 19.3 Å². The van der Waals surface area contributed by atoms with Gasteiger partial charge in [-0.3, -0.25) is 0 Å². The minimum Gasteiger partial charge on any atom is -0.490 e. The highest BCUT2D eigenvalue weighted by Gasteiger charge is 2.34. The molecule has 3 nitrogen and oxygen atoms in total. The first kappa shape index (κ1) is 14.7. The number of rotatable bonds is 2. The summed E-state index contributed by atoms with van der Waals surface area (Å²) in [6.45, 7) is 0. The molecule has 1 N–H and O–H groups in total. The Morgan fingerprint density at radius 3 is 2.65 bits per heavy atom. The van der Waals surface area contributed by atoms with E-state index < -0.39 is 23.4 Å². The van der Waals surface area contributed by atoms with Crippen LogP contribution in [0.3, 0.4) is 0 Å². The highest BCUT2D eigenvalue weighted by atomic mass is 19.4. The van der Waals surface area contributed by atoms with Gasteiger partial charge in [0.05, 0.1) is 23.3 Å². The van der Waals surface area contributed by atoms with Crippen molar-refractivity contribution in [1.29, 1.82) is 5.26 Å². The maximum Gasteiger partial charge on any atom is 0.417 e. The molecule has 0 saturated heterocycles. The first-order valence-corrected chi connectivity index (χ1v) is 6.36. The summed E-state index contributed by atoms with van der Waals surface area (Å²) in [6, 6.07) is 4.84. The zero-order chi connectivity index (χ0) is 14.8. The van der Waals surface area contributed by atoms with Crippen LogP contribution in [0.1, 0.15) is 36.8 Å². The molecule has 6 heteroatoms. The summed E-state index contributed by atoms with van der Waals surface area (Å²) >= 11 is 0. The van der Waals surface area contributed by atoms with Crippen molar-refractivity contribution in [2.24, 2.45) is 0 Å². The summed E-state index contributed by atoms with van der Waals surface area (Å²) in [7, 11) is 0. The van der Waals surface area contributed by atoms with E-state index in [1.54, 1.807) is 0 Å².